The first-order chi connectivity index (χ1) is 12.0. The molecule has 0 radical (unpaired) electrons. The number of H-pyrrole nitrogens is 1. The third kappa shape index (κ3) is 2.25. The van der Waals surface area contributed by atoms with Crippen LogP contribution in [0.4, 0.5) is 17.7 Å². The SMILES string of the molecule is CC12CC(CN1c1nc(Cl)nc(N(c3ccn[nH]3)C3CC3)n1)OC2=O. The lowest BCUT2D eigenvalue weighted by atomic mass is 10.0. The second-order valence-electron chi connectivity index (χ2n) is 6.86. The van der Waals surface area contributed by atoms with Gasteiger partial charge in [-0.1, -0.05) is 0 Å². The van der Waals surface area contributed by atoms with Gasteiger partial charge in [-0.3, -0.25) is 10.00 Å². The van der Waals surface area contributed by atoms with Gasteiger partial charge in [0.2, 0.25) is 17.2 Å². The second kappa shape index (κ2) is 5.04. The fraction of sp³-hybridized carbons (Fsp3) is 0.533. The molecule has 130 valence electrons. The number of carbonyl (C=O) groups excluding carboxylic acids is 1. The average molecular weight is 362 g/mol. The van der Waals surface area contributed by atoms with Crippen LogP contribution in [-0.4, -0.2) is 55.3 Å². The minimum Gasteiger partial charge on any atom is -0.459 e. The van der Waals surface area contributed by atoms with Crippen molar-refractivity contribution in [2.75, 3.05) is 16.3 Å². The van der Waals surface area contributed by atoms with Gasteiger partial charge in [-0.25, -0.2) is 4.79 Å². The first kappa shape index (κ1) is 14.9. The normalized spacial score (nSPS) is 27.7. The highest BCUT2D eigenvalue weighted by molar-refractivity contribution is 6.28. The van der Waals surface area contributed by atoms with E-state index < -0.39 is 5.54 Å². The maximum absolute atomic E-state index is 12.2. The fourth-order valence-corrected chi connectivity index (χ4v) is 3.77. The van der Waals surface area contributed by atoms with Crippen LogP contribution in [0.25, 0.3) is 0 Å². The van der Waals surface area contributed by atoms with Crippen LogP contribution in [0.5, 0.6) is 0 Å². The van der Waals surface area contributed by atoms with Crippen LogP contribution >= 0.6 is 11.6 Å². The molecule has 2 bridgehead atoms. The van der Waals surface area contributed by atoms with Gasteiger partial charge in [0.25, 0.3) is 0 Å². The smallest absolute Gasteiger partial charge is 0.332 e. The van der Waals surface area contributed by atoms with Gasteiger partial charge in [0.1, 0.15) is 17.5 Å². The van der Waals surface area contributed by atoms with Gasteiger partial charge in [-0.05, 0) is 31.4 Å². The van der Waals surface area contributed by atoms with Crippen molar-refractivity contribution in [3.8, 4) is 0 Å². The molecule has 2 saturated heterocycles. The van der Waals surface area contributed by atoms with E-state index in [1.54, 1.807) is 6.20 Å². The molecule has 1 saturated carbocycles. The van der Waals surface area contributed by atoms with Crippen LogP contribution in [0.15, 0.2) is 12.3 Å². The van der Waals surface area contributed by atoms with Crippen LogP contribution in [0, 0.1) is 0 Å². The Bertz CT molecular complexity index is 840. The molecule has 3 aliphatic rings. The number of ether oxygens (including phenoxy) is 1. The molecule has 3 fully saturated rings. The number of esters is 1. The number of anilines is 3. The average Bonchev–Trinajstić information content (AvgIpc) is 3.00. The summed E-state index contributed by atoms with van der Waals surface area (Å²) in [6.45, 7) is 2.42. The van der Waals surface area contributed by atoms with Gasteiger partial charge < -0.3 is 9.64 Å². The van der Waals surface area contributed by atoms with Crippen LogP contribution < -0.4 is 9.80 Å². The van der Waals surface area contributed by atoms with Crippen LogP contribution in [0.3, 0.4) is 0 Å². The van der Waals surface area contributed by atoms with E-state index in [-0.39, 0.29) is 17.4 Å². The minimum atomic E-state index is -0.745. The summed E-state index contributed by atoms with van der Waals surface area (Å²) in [5.41, 5.74) is -0.745. The Labute approximate surface area is 148 Å². The standard InChI is InChI=1S/C15H16ClN7O2/c1-15-6-9(25-11(15)24)7-22(15)13-18-12(16)19-14(20-13)23(8-2-3-8)10-4-5-17-21-10/h4-5,8-9H,2-3,6-7H2,1H3,(H,17,21). The van der Waals surface area contributed by atoms with Crippen molar-refractivity contribution in [3.05, 3.63) is 17.5 Å². The number of morpholine rings is 1. The number of hydrogen-bond donors (Lipinski definition) is 1. The summed E-state index contributed by atoms with van der Waals surface area (Å²) >= 11 is 6.19. The molecule has 0 amide bonds. The number of aromatic nitrogens is 5. The number of nitrogens with zero attached hydrogens (tertiary/aromatic N) is 6. The van der Waals surface area contributed by atoms with Gasteiger partial charge in [-0.2, -0.15) is 20.1 Å². The van der Waals surface area contributed by atoms with Crippen molar-refractivity contribution in [1.82, 2.24) is 25.1 Å². The topological polar surface area (TPSA) is 100 Å². The lowest BCUT2D eigenvalue weighted by molar-refractivity contribution is -0.147. The number of nitrogens with one attached hydrogen (secondary N) is 1. The maximum Gasteiger partial charge on any atom is 0.332 e. The Kier molecular flexibility index (Phi) is 3.00. The summed E-state index contributed by atoms with van der Waals surface area (Å²) in [7, 11) is 0. The summed E-state index contributed by atoms with van der Waals surface area (Å²) in [5.74, 6) is 1.43. The third-order valence-electron chi connectivity index (χ3n) is 5.02. The summed E-state index contributed by atoms with van der Waals surface area (Å²) in [5, 5.41) is 7.06. The highest BCUT2D eigenvalue weighted by Gasteiger charge is 2.57. The third-order valence-corrected chi connectivity index (χ3v) is 5.19. The molecule has 0 spiro atoms. The molecule has 2 aromatic rings. The van der Waals surface area contributed by atoms with E-state index in [4.69, 9.17) is 16.3 Å². The number of hydrogen-bond acceptors (Lipinski definition) is 8. The Morgan fingerprint density at radius 2 is 2.24 bits per heavy atom. The molecule has 1 N–H and O–H groups in total. The van der Waals surface area contributed by atoms with E-state index in [2.05, 4.69) is 25.1 Å². The van der Waals surface area contributed by atoms with E-state index >= 15 is 0 Å². The number of halogens is 1. The monoisotopic (exact) mass is 361 g/mol. The minimum absolute atomic E-state index is 0.102. The predicted molar refractivity (Wildman–Crippen MR) is 88.8 cm³/mol. The summed E-state index contributed by atoms with van der Waals surface area (Å²) < 4.78 is 5.32. The zero-order valence-electron chi connectivity index (χ0n) is 13.5. The molecular weight excluding hydrogens is 346 g/mol. The highest BCUT2D eigenvalue weighted by Crippen LogP contribution is 2.42. The molecular formula is C15H16ClN7O2. The van der Waals surface area contributed by atoms with Crippen molar-refractivity contribution in [2.24, 2.45) is 0 Å². The first-order valence-corrected chi connectivity index (χ1v) is 8.61. The Balaban J connectivity index is 1.56. The quantitative estimate of drug-likeness (QED) is 0.816. The summed E-state index contributed by atoms with van der Waals surface area (Å²) in [6.07, 6.45) is 4.30. The lowest BCUT2D eigenvalue weighted by Crippen LogP contribution is -2.51. The molecule has 5 rings (SSSR count). The van der Waals surface area contributed by atoms with Gasteiger partial charge in [0.15, 0.2) is 0 Å². The molecule has 1 aliphatic carbocycles. The Hall–Kier alpha value is -2.42. The number of rotatable bonds is 4. The van der Waals surface area contributed by atoms with E-state index in [1.807, 2.05) is 22.8 Å². The lowest BCUT2D eigenvalue weighted by Gasteiger charge is -2.33. The van der Waals surface area contributed by atoms with Gasteiger partial charge in [0, 0.05) is 18.5 Å². The Morgan fingerprint density at radius 1 is 1.40 bits per heavy atom. The summed E-state index contributed by atoms with van der Waals surface area (Å²) in [4.78, 5) is 29.2. The second-order valence-corrected chi connectivity index (χ2v) is 7.20. The Morgan fingerprint density at radius 3 is 2.88 bits per heavy atom. The molecule has 2 unspecified atom stereocenters. The van der Waals surface area contributed by atoms with E-state index in [9.17, 15) is 4.79 Å². The van der Waals surface area contributed by atoms with E-state index in [0.29, 0.717) is 30.9 Å². The van der Waals surface area contributed by atoms with Gasteiger partial charge in [-0.15, -0.1) is 0 Å². The van der Waals surface area contributed by atoms with E-state index in [0.717, 1.165) is 18.7 Å². The van der Waals surface area contributed by atoms with Crippen molar-refractivity contribution in [3.63, 3.8) is 0 Å². The maximum atomic E-state index is 12.2. The molecule has 2 aromatic heterocycles. The van der Waals surface area contributed by atoms with E-state index in [1.165, 1.54) is 0 Å². The highest BCUT2D eigenvalue weighted by atomic mass is 35.5. The fourth-order valence-electron chi connectivity index (χ4n) is 3.62. The molecule has 0 aromatic carbocycles. The molecule has 25 heavy (non-hydrogen) atoms. The molecule has 9 nitrogen and oxygen atoms in total. The number of carbonyl (C=O) groups is 1. The predicted octanol–water partition coefficient (Wildman–Crippen LogP) is 1.44. The number of fused-ring (bicyclic) bond motifs is 2. The van der Waals surface area contributed by atoms with Crippen LogP contribution in [-0.2, 0) is 9.53 Å². The van der Waals surface area contributed by atoms with Crippen molar-refractivity contribution < 1.29 is 9.53 Å². The first-order valence-electron chi connectivity index (χ1n) is 8.23. The molecule has 2 aliphatic heterocycles. The van der Waals surface area contributed by atoms with Crippen molar-refractivity contribution >= 4 is 35.3 Å². The van der Waals surface area contributed by atoms with Gasteiger partial charge >= 0.3 is 5.97 Å². The zero-order chi connectivity index (χ0) is 17.2. The van der Waals surface area contributed by atoms with Crippen LogP contribution in [0.1, 0.15) is 26.2 Å². The molecule has 10 heteroatoms. The largest absolute Gasteiger partial charge is 0.459 e. The van der Waals surface area contributed by atoms with Crippen molar-refractivity contribution in [1.29, 1.82) is 0 Å². The number of aromatic amines is 1. The van der Waals surface area contributed by atoms with Crippen LogP contribution in [0.2, 0.25) is 5.28 Å². The zero-order valence-corrected chi connectivity index (χ0v) is 14.3. The molecule has 4 heterocycles. The summed E-state index contributed by atoms with van der Waals surface area (Å²) in [6, 6.07) is 2.17. The van der Waals surface area contributed by atoms with Gasteiger partial charge in [0.05, 0.1) is 12.7 Å². The van der Waals surface area contributed by atoms with Crippen molar-refractivity contribution in [2.45, 2.75) is 43.9 Å². The molecule has 2 atom stereocenters.